The van der Waals surface area contributed by atoms with Crippen LogP contribution in [0.5, 0.6) is 0 Å². The molecule has 0 saturated carbocycles. The monoisotopic (exact) mass is 356 g/mol. The Kier molecular flexibility index (Phi) is 4.88. The Morgan fingerprint density at radius 2 is 1.65 bits per heavy atom. The summed E-state index contributed by atoms with van der Waals surface area (Å²) in [5.41, 5.74) is 3.06. The number of anilines is 1. The summed E-state index contributed by atoms with van der Waals surface area (Å²) < 4.78 is 2.02. The summed E-state index contributed by atoms with van der Waals surface area (Å²) in [5, 5.41) is 4.66. The Morgan fingerprint density at radius 3 is 2.35 bits per heavy atom. The second-order valence-corrected chi connectivity index (χ2v) is 8.22. The number of rotatable bonds is 3. The second-order valence-electron chi connectivity index (χ2n) is 8.22. The molecule has 26 heavy (non-hydrogen) atoms. The van der Waals surface area contributed by atoms with E-state index in [0.29, 0.717) is 6.04 Å². The van der Waals surface area contributed by atoms with Gasteiger partial charge in [-0.3, -0.25) is 4.90 Å². The molecule has 2 aliphatic heterocycles. The number of piperazine rings is 1. The molecule has 0 spiro atoms. The average Bonchev–Trinajstić information content (AvgIpc) is 3.01. The van der Waals surface area contributed by atoms with Crippen molar-refractivity contribution in [2.75, 3.05) is 51.2 Å². The fraction of sp³-hybridized carbons (Fsp3) is 0.700. The lowest BCUT2D eigenvalue weighted by Crippen LogP contribution is -2.51. The maximum atomic E-state index is 4.66. The molecule has 2 saturated heterocycles. The van der Waals surface area contributed by atoms with E-state index in [0.717, 1.165) is 36.0 Å². The maximum Gasteiger partial charge on any atom is 0.157 e. The van der Waals surface area contributed by atoms with Crippen molar-refractivity contribution in [3.63, 3.8) is 0 Å². The molecule has 0 N–H and O–H groups in total. The van der Waals surface area contributed by atoms with E-state index < -0.39 is 0 Å². The van der Waals surface area contributed by atoms with Crippen molar-refractivity contribution in [2.24, 2.45) is 5.92 Å². The molecule has 0 amide bonds. The molecule has 2 fully saturated rings. The van der Waals surface area contributed by atoms with E-state index >= 15 is 0 Å². The molecule has 0 aromatic carbocycles. The van der Waals surface area contributed by atoms with E-state index in [-0.39, 0.29) is 0 Å². The molecule has 0 bridgehead atoms. The molecule has 6 heteroatoms. The van der Waals surface area contributed by atoms with Crippen LogP contribution < -0.4 is 4.90 Å². The van der Waals surface area contributed by atoms with Crippen molar-refractivity contribution < 1.29 is 0 Å². The van der Waals surface area contributed by atoms with E-state index in [4.69, 9.17) is 0 Å². The molecular weight excluding hydrogens is 324 g/mol. The topological polar surface area (TPSA) is 39.9 Å². The Bertz CT molecular complexity index is 753. The summed E-state index contributed by atoms with van der Waals surface area (Å²) in [6.07, 6.45) is 2.52. The molecule has 6 nitrogen and oxygen atoms in total. The zero-order valence-electron chi connectivity index (χ0n) is 16.6. The average molecular weight is 357 g/mol. The van der Waals surface area contributed by atoms with Crippen LogP contribution >= 0.6 is 0 Å². The molecule has 1 atom stereocenters. The lowest BCUT2D eigenvalue weighted by Gasteiger charge is -2.43. The molecule has 2 aliphatic rings. The summed E-state index contributed by atoms with van der Waals surface area (Å²) in [4.78, 5) is 12.3. The molecule has 4 rings (SSSR count). The Morgan fingerprint density at radius 1 is 0.962 bits per heavy atom. The Labute approximate surface area is 156 Å². The highest BCUT2D eigenvalue weighted by Crippen LogP contribution is 2.28. The van der Waals surface area contributed by atoms with Gasteiger partial charge in [0.15, 0.2) is 5.65 Å². The van der Waals surface area contributed by atoms with E-state index in [1.807, 2.05) is 11.4 Å². The van der Waals surface area contributed by atoms with Gasteiger partial charge in [-0.1, -0.05) is 0 Å². The summed E-state index contributed by atoms with van der Waals surface area (Å²) in [7, 11) is 2.23. The van der Waals surface area contributed by atoms with Gasteiger partial charge in [0.1, 0.15) is 5.82 Å². The summed E-state index contributed by atoms with van der Waals surface area (Å²) in [5.74, 6) is 2.00. The second kappa shape index (κ2) is 7.16. The van der Waals surface area contributed by atoms with Crippen LogP contribution in [0.4, 0.5) is 5.82 Å². The number of likely N-dealkylation sites (N-methyl/N-ethyl adjacent to an activating group) is 1. The van der Waals surface area contributed by atoms with Gasteiger partial charge < -0.3 is 9.80 Å². The molecule has 2 aromatic heterocycles. The lowest BCUT2D eigenvalue weighted by atomic mass is 9.89. The van der Waals surface area contributed by atoms with Crippen LogP contribution in [0.15, 0.2) is 12.1 Å². The third kappa shape index (κ3) is 3.45. The van der Waals surface area contributed by atoms with Gasteiger partial charge in [0.05, 0.1) is 5.69 Å². The predicted octanol–water partition coefficient (Wildman–Crippen LogP) is 2.20. The van der Waals surface area contributed by atoms with Crippen LogP contribution in [-0.4, -0.2) is 76.8 Å². The normalized spacial score (nSPS) is 22.2. The highest BCUT2D eigenvalue weighted by molar-refractivity contribution is 5.52. The van der Waals surface area contributed by atoms with Crippen LogP contribution in [0.1, 0.15) is 31.2 Å². The van der Waals surface area contributed by atoms with Crippen molar-refractivity contribution in [3.05, 3.63) is 23.5 Å². The SMILES string of the molecule is Cc1cc(N2CCC([C@@H](C)N3CCN(C)CC3)CC2)n2nc(C)cc2n1. The van der Waals surface area contributed by atoms with Gasteiger partial charge in [0.2, 0.25) is 0 Å². The highest BCUT2D eigenvalue weighted by atomic mass is 15.4. The van der Waals surface area contributed by atoms with Crippen LogP contribution in [0.25, 0.3) is 5.65 Å². The Balaban J connectivity index is 1.44. The minimum atomic E-state index is 0.692. The largest absolute Gasteiger partial charge is 0.356 e. The zero-order chi connectivity index (χ0) is 18.3. The molecule has 0 aliphatic carbocycles. The smallest absolute Gasteiger partial charge is 0.157 e. The predicted molar refractivity (Wildman–Crippen MR) is 106 cm³/mol. The number of hydrogen-bond acceptors (Lipinski definition) is 5. The van der Waals surface area contributed by atoms with E-state index in [1.165, 1.54) is 44.8 Å². The minimum absolute atomic E-state index is 0.692. The third-order valence-electron chi connectivity index (χ3n) is 6.32. The summed E-state index contributed by atoms with van der Waals surface area (Å²) >= 11 is 0. The van der Waals surface area contributed by atoms with Gasteiger partial charge >= 0.3 is 0 Å². The highest BCUT2D eigenvalue weighted by Gasteiger charge is 2.30. The number of aryl methyl sites for hydroxylation is 2. The van der Waals surface area contributed by atoms with Crippen molar-refractivity contribution in [2.45, 2.75) is 39.7 Å². The van der Waals surface area contributed by atoms with Gasteiger partial charge in [-0.05, 0) is 46.6 Å². The van der Waals surface area contributed by atoms with Crippen molar-refractivity contribution in [1.82, 2.24) is 24.4 Å². The lowest BCUT2D eigenvalue weighted by molar-refractivity contribution is 0.0813. The van der Waals surface area contributed by atoms with Crippen LogP contribution in [0.3, 0.4) is 0 Å². The first kappa shape index (κ1) is 17.7. The van der Waals surface area contributed by atoms with E-state index in [2.05, 4.69) is 57.8 Å². The first-order valence-corrected chi connectivity index (χ1v) is 10.0. The molecule has 4 heterocycles. The molecule has 2 aromatic rings. The molecule has 0 radical (unpaired) electrons. The van der Waals surface area contributed by atoms with E-state index in [9.17, 15) is 0 Å². The van der Waals surface area contributed by atoms with Gasteiger partial charge in [0.25, 0.3) is 0 Å². The maximum absolute atomic E-state index is 4.66. The summed E-state index contributed by atoms with van der Waals surface area (Å²) in [6, 6.07) is 4.94. The van der Waals surface area contributed by atoms with Gasteiger partial charge in [-0.15, -0.1) is 0 Å². The van der Waals surface area contributed by atoms with Crippen LogP contribution in [0, 0.1) is 19.8 Å². The summed E-state index contributed by atoms with van der Waals surface area (Å²) in [6.45, 7) is 13.6. The number of hydrogen-bond donors (Lipinski definition) is 0. The molecule has 0 unspecified atom stereocenters. The fourth-order valence-electron chi connectivity index (χ4n) is 4.56. The van der Waals surface area contributed by atoms with Crippen molar-refractivity contribution in [1.29, 1.82) is 0 Å². The number of fused-ring (bicyclic) bond motifs is 1. The number of nitrogens with zero attached hydrogens (tertiary/aromatic N) is 6. The minimum Gasteiger partial charge on any atom is -0.356 e. The first-order chi connectivity index (χ1) is 12.5. The van der Waals surface area contributed by atoms with Gasteiger partial charge in [-0.2, -0.15) is 9.61 Å². The standard InChI is InChI=1S/C20H32N6/c1-15-14-20(26-19(21-15)13-16(2)22-26)25-7-5-18(6-8-25)17(3)24-11-9-23(4)10-12-24/h13-14,17-18H,5-12H2,1-4H3/t17-/m1/s1. The first-order valence-electron chi connectivity index (χ1n) is 10.0. The third-order valence-corrected chi connectivity index (χ3v) is 6.32. The number of aromatic nitrogens is 3. The van der Waals surface area contributed by atoms with Gasteiger partial charge in [-0.25, -0.2) is 4.98 Å². The molecular formula is C20H32N6. The fourth-order valence-corrected chi connectivity index (χ4v) is 4.56. The zero-order valence-corrected chi connectivity index (χ0v) is 16.6. The van der Waals surface area contributed by atoms with Gasteiger partial charge in [0, 0.05) is 63.1 Å². The van der Waals surface area contributed by atoms with Crippen LogP contribution in [-0.2, 0) is 0 Å². The van der Waals surface area contributed by atoms with Crippen LogP contribution in [0.2, 0.25) is 0 Å². The van der Waals surface area contributed by atoms with Crippen molar-refractivity contribution in [3.8, 4) is 0 Å². The van der Waals surface area contributed by atoms with E-state index in [1.54, 1.807) is 0 Å². The Hall–Kier alpha value is -1.66. The number of piperidine rings is 1. The van der Waals surface area contributed by atoms with Crippen molar-refractivity contribution >= 4 is 11.5 Å². The quantitative estimate of drug-likeness (QED) is 0.843. The molecule has 142 valence electrons.